The van der Waals surface area contributed by atoms with Crippen LogP contribution < -0.4 is 14.8 Å². The van der Waals surface area contributed by atoms with Gasteiger partial charge < -0.3 is 14.8 Å². The van der Waals surface area contributed by atoms with Crippen LogP contribution in [-0.4, -0.2) is 19.8 Å². The molecule has 0 spiro atoms. The molecule has 1 heterocycles. The molecule has 98 valence electrons. The maximum absolute atomic E-state index is 5.84. The van der Waals surface area contributed by atoms with Gasteiger partial charge in [0.05, 0.1) is 13.2 Å². The Hall–Kier alpha value is -1.22. The summed E-state index contributed by atoms with van der Waals surface area (Å²) in [7, 11) is 1.72. The average Bonchev–Trinajstić information content (AvgIpc) is 3.24. The van der Waals surface area contributed by atoms with Crippen molar-refractivity contribution in [3.8, 4) is 11.5 Å². The molecule has 0 aromatic heterocycles. The molecule has 1 N–H and O–H groups in total. The van der Waals surface area contributed by atoms with Crippen LogP contribution in [0.5, 0.6) is 11.5 Å². The van der Waals surface area contributed by atoms with Crippen molar-refractivity contribution in [3.05, 3.63) is 23.8 Å². The molecule has 3 rings (SSSR count). The van der Waals surface area contributed by atoms with Crippen LogP contribution in [0.25, 0.3) is 0 Å². The van der Waals surface area contributed by atoms with Gasteiger partial charge in [-0.1, -0.05) is 12.5 Å². The van der Waals surface area contributed by atoms with Gasteiger partial charge in [0, 0.05) is 6.04 Å². The van der Waals surface area contributed by atoms with E-state index in [0.717, 1.165) is 18.0 Å². The Morgan fingerprint density at radius 3 is 2.67 bits per heavy atom. The van der Waals surface area contributed by atoms with Gasteiger partial charge in [0.15, 0.2) is 11.5 Å². The lowest BCUT2D eigenvalue weighted by molar-refractivity contribution is 0.281. The first kappa shape index (κ1) is 11.8. The zero-order valence-corrected chi connectivity index (χ0v) is 10.9. The van der Waals surface area contributed by atoms with E-state index in [1.165, 1.54) is 37.7 Å². The number of nitrogens with one attached hydrogen (secondary N) is 1. The molecule has 0 radical (unpaired) electrons. The van der Waals surface area contributed by atoms with Crippen LogP contribution in [0.4, 0.5) is 0 Å². The molecule has 2 aliphatic rings. The summed E-state index contributed by atoms with van der Waals surface area (Å²) < 4.78 is 11.3. The van der Waals surface area contributed by atoms with E-state index >= 15 is 0 Å². The van der Waals surface area contributed by atoms with Crippen molar-refractivity contribution < 1.29 is 9.47 Å². The fraction of sp³-hybridized carbons (Fsp3) is 0.600. The number of methoxy groups -OCH3 is 1. The predicted octanol–water partition coefficient (Wildman–Crippen LogP) is 3.05. The van der Waals surface area contributed by atoms with E-state index in [2.05, 4.69) is 23.5 Å². The third kappa shape index (κ3) is 2.61. The van der Waals surface area contributed by atoms with Gasteiger partial charge >= 0.3 is 0 Å². The molecule has 1 saturated heterocycles. The molecular weight excluding hydrogens is 226 g/mol. The largest absolute Gasteiger partial charge is 0.493 e. The second-order valence-electron chi connectivity index (χ2n) is 5.23. The Kier molecular flexibility index (Phi) is 3.41. The van der Waals surface area contributed by atoms with Crippen LogP contribution in [0.15, 0.2) is 18.2 Å². The third-order valence-corrected chi connectivity index (χ3v) is 3.72. The number of ether oxygens (including phenoxy) is 2. The summed E-state index contributed by atoms with van der Waals surface area (Å²) in [5.41, 5.74) is 1.31. The van der Waals surface area contributed by atoms with E-state index in [1.54, 1.807) is 7.11 Å². The molecule has 2 fully saturated rings. The van der Waals surface area contributed by atoms with Gasteiger partial charge in [0.2, 0.25) is 0 Å². The Labute approximate surface area is 108 Å². The summed E-state index contributed by atoms with van der Waals surface area (Å²) in [5, 5.41) is 3.56. The highest BCUT2D eigenvalue weighted by molar-refractivity contribution is 5.44. The smallest absolute Gasteiger partial charge is 0.161 e. The van der Waals surface area contributed by atoms with Gasteiger partial charge in [-0.15, -0.1) is 0 Å². The predicted molar refractivity (Wildman–Crippen MR) is 71.2 cm³/mol. The first-order valence-electron chi connectivity index (χ1n) is 6.95. The lowest BCUT2D eigenvalue weighted by Crippen LogP contribution is -2.26. The molecular formula is C15H21NO2. The second kappa shape index (κ2) is 5.19. The number of rotatable bonds is 4. The first-order valence-corrected chi connectivity index (χ1v) is 6.95. The molecule has 1 unspecified atom stereocenters. The van der Waals surface area contributed by atoms with Gasteiger partial charge in [-0.25, -0.2) is 0 Å². The van der Waals surface area contributed by atoms with E-state index < -0.39 is 0 Å². The fourth-order valence-corrected chi connectivity index (χ4v) is 2.50. The number of benzene rings is 1. The molecule has 3 nitrogen and oxygen atoms in total. The van der Waals surface area contributed by atoms with E-state index in [-0.39, 0.29) is 0 Å². The topological polar surface area (TPSA) is 30.5 Å². The fourth-order valence-electron chi connectivity index (χ4n) is 2.50. The summed E-state index contributed by atoms with van der Waals surface area (Å²) in [6.45, 7) is 1.12. The van der Waals surface area contributed by atoms with Crippen molar-refractivity contribution >= 4 is 0 Å². The third-order valence-electron chi connectivity index (χ3n) is 3.72. The molecule has 1 saturated carbocycles. The van der Waals surface area contributed by atoms with Gasteiger partial charge in [0.25, 0.3) is 0 Å². The highest BCUT2D eigenvalue weighted by Gasteiger charge is 2.25. The van der Waals surface area contributed by atoms with Crippen molar-refractivity contribution in [1.29, 1.82) is 0 Å². The SMILES string of the molecule is COc1cc(C2CCCCN2)ccc1OC1CC1. The number of piperidine rings is 1. The van der Waals surface area contributed by atoms with Crippen LogP contribution in [-0.2, 0) is 0 Å². The zero-order chi connectivity index (χ0) is 12.4. The second-order valence-corrected chi connectivity index (χ2v) is 5.23. The Balaban J connectivity index is 1.78. The van der Waals surface area contributed by atoms with E-state index in [9.17, 15) is 0 Å². The first-order chi connectivity index (χ1) is 8.86. The normalized spacial score (nSPS) is 23.7. The molecule has 1 aromatic carbocycles. The quantitative estimate of drug-likeness (QED) is 0.887. The van der Waals surface area contributed by atoms with Crippen molar-refractivity contribution in [3.63, 3.8) is 0 Å². The Morgan fingerprint density at radius 2 is 2.00 bits per heavy atom. The average molecular weight is 247 g/mol. The summed E-state index contributed by atoms with van der Waals surface area (Å²) in [6, 6.07) is 6.83. The molecule has 3 heteroatoms. The van der Waals surface area contributed by atoms with Gasteiger partial charge in [0.1, 0.15) is 0 Å². The molecule has 0 amide bonds. The summed E-state index contributed by atoms with van der Waals surface area (Å²) in [4.78, 5) is 0. The maximum Gasteiger partial charge on any atom is 0.161 e. The molecule has 0 bridgehead atoms. The highest BCUT2D eigenvalue weighted by atomic mass is 16.5. The summed E-state index contributed by atoms with van der Waals surface area (Å²) in [5.74, 6) is 1.76. The van der Waals surface area contributed by atoms with Crippen LogP contribution in [0, 0.1) is 0 Å². The molecule has 1 aromatic rings. The lowest BCUT2D eigenvalue weighted by Gasteiger charge is -2.24. The molecule has 18 heavy (non-hydrogen) atoms. The molecule has 1 atom stereocenters. The van der Waals surface area contributed by atoms with Gasteiger partial charge in [-0.2, -0.15) is 0 Å². The number of hydrogen-bond acceptors (Lipinski definition) is 3. The molecule has 1 aliphatic carbocycles. The maximum atomic E-state index is 5.84. The van der Waals surface area contributed by atoms with E-state index in [4.69, 9.17) is 9.47 Å². The summed E-state index contributed by atoms with van der Waals surface area (Å²) >= 11 is 0. The van der Waals surface area contributed by atoms with Crippen molar-refractivity contribution in [1.82, 2.24) is 5.32 Å². The minimum atomic E-state index is 0.414. The van der Waals surface area contributed by atoms with E-state index in [0.29, 0.717) is 12.1 Å². The Bertz CT molecular complexity index is 409. The van der Waals surface area contributed by atoms with Gasteiger partial charge in [-0.05, 0) is 49.9 Å². The van der Waals surface area contributed by atoms with Crippen molar-refractivity contribution in [2.45, 2.75) is 44.2 Å². The molecule has 1 aliphatic heterocycles. The lowest BCUT2D eigenvalue weighted by atomic mass is 9.97. The van der Waals surface area contributed by atoms with Crippen LogP contribution in [0.2, 0.25) is 0 Å². The van der Waals surface area contributed by atoms with Crippen molar-refractivity contribution in [2.24, 2.45) is 0 Å². The number of hydrogen-bond donors (Lipinski definition) is 1. The van der Waals surface area contributed by atoms with Crippen LogP contribution in [0.3, 0.4) is 0 Å². The Morgan fingerprint density at radius 1 is 1.11 bits per heavy atom. The monoisotopic (exact) mass is 247 g/mol. The highest BCUT2D eigenvalue weighted by Crippen LogP contribution is 2.36. The van der Waals surface area contributed by atoms with Crippen LogP contribution in [0.1, 0.15) is 43.7 Å². The van der Waals surface area contributed by atoms with Gasteiger partial charge in [-0.3, -0.25) is 0 Å². The summed E-state index contributed by atoms with van der Waals surface area (Å²) in [6.07, 6.45) is 6.57. The minimum absolute atomic E-state index is 0.414. The minimum Gasteiger partial charge on any atom is -0.493 e. The van der Waals surface area contributed by atoms with Crippen LogP contribution >= 0.6 is 0 Å². The standard InChI is InChI=1S/C15H21NO2/c1-17-15-10-11(13-4-2-3-9-16-13)5-8-14(15)18-12-6-7-12/h5,8,10,12-13,16H,2-4,6-7,9H2,1H3. The zero-order valence-electron chi connectivity index (χ0n) is 10.9. The van der Waals surface area contributed by atoms with Crippen molar-refractivity contribution in [2.75, 3.05) is 13.7 Å². The van der Waals surface area contributed by atoms with E-state index in [1.807, 2.05) is 0 Å².